The third kappa shape index (κ3) is 4.22. The molecule has 2 heterocycles. The molecule has 2 aromatic rings. The van der Waals surface area contributed by atoms with E-state index in [1.807, 2.05) is 25.1 Å². The van der Waals surface area contributed by atoms with Crippen molar-refractivity contribution in [1.29, 1.82) is 0 Å². The number of amides is 4. The number of imide groups is 2. The number of methoxy groups -OCH3 is 1. The molecule has 43 heavy (non-hydrogen) atoms. The number of alkyl halides is 3. The highest BCUT2D eigenvalue weighted by Crippen LogP contribution is 2.63. The van der Waals surface area contributed by atoms with E-state index in [-0.39, 0.29) is 41.6 Å². The Balaban J connectivity index is 1.45. The number of allylic oxidation sites excluding steroid dienone is 3. The van der Waals surface area contributed by atoms with Crippen LogP contribution in [0, 0.1) is 23.7 Å². The maximum atomic E-state index is 14.1. The van der Waals surface area contributed by atoms with Crippen molar-refractivity contribution in [3.05, 3.63) is 71.3 Å². The molecule has 1 saturated carbocycles. The van der Waals surface area contributed by atoms with Gasteiger partial charge in [-0.3, -0.25) is 29.0 Å². The molecule has 0 bridgehead atoms. The van der Waals surface area contributed by atoms with Gasteiger partial charge in [-0.25, -0.2) is 0 Å². The maximum Gasteiger partial charge on any atom is 0.254 e. The van der Waals surface area contributed by atoms with Crippen LogP contribution < -0.4 is 9.64 Å². The molecule has 0 radical (unpaired) electrons. The SMILES string of the molecule is CCc1ccc(N2C(=O)[C@H]3[C@H](CC=C4[C@H]3C[C@@]3(Cl)C(=O)N(CBr)C(=O)[C@@]3(Cl)[C@H]4C=Cc3ccc(O)c(OC)c3)C2=O)cc1. The van der Waals surface area contributed by atoms with Gasteiger partial charge in [-0.1, -0.05) is 64.9 Å². The standard InChI is InChI=1S/C32H29BrCl2N2O6/c1-3-17-4-8-19(9-5-17)37-27(39)21-11-10-20-22(26(21)28(37)40)15-31(34)29(41)36(16-33)30(42)32(31,35)23(20)12-6-18-7-13-24(38)25(14-18)43-2/h4-10,12-14,21-23,26,38H,3,11,15-16H2,1-2H3/t21-,22+,23-,26-,31+,32-/m0/s1. The number of phenolic OH excluding ortho intramolecular Hbond substituents is 1. The van der Waals surface area contributed by atoms with Crippen molar-refractivity contribution < 1.29 is 29.0 Å². The number of aryl methyl sites for hydroxylation is 1. The van der Waals surface area contributed by atoms with Crippen LogP contribution in [0.25, 0.3) is 6.08 Å². The topological polar surface area (TPSA) is 104 Å². The molecular formula is C32H29BrCl2N2O6. The Labute approximate surface area is 267 Å². The molecular weight excluding hydrogens is 659 g/mol. The Bertz CT molecular complexity index is 1610. The summed E-state index contributed by atoms with van der Waals surface area (Å²) in [5.41, 5.74) is 2.85. The molecule has 11 heteroatoms. The van der Waals surface area contributed by atoms with Crippen LogP contribution in [0.15, 0.2) is 60.2 Å². The summed E-state index contributed by atoms with van der Waals surface area (Å²) in [6.45, 7) is 2.03. The van der Waals surface area contributed by atoms with Crippen LogP contribution in [0.1, 0.15) is 30.9 Å². The van der Waals surface area contributed by atoms with Gasteiger partial charge in [-0.05, 0) is 60.6 Å². The van der Waals surface area contributed by atoms with Gasteiger partial charge in [0.1, 0.15) is 0 Å². The van der Waals surface area contributed by atoms with E-state index < -0.39 is 45.2 Å². The van der Waals surface area contributed by atoms with E-state index in [9.17, 15) is 24.3 Å². The third-order valence-corrected chi connectivity index (χ3v) is 11.3. The number of carbonyl (C=O) groups is 4. The van der Waals surface area contributed by atoms with E-state index in [0.717, 1.165) is 16.9 Å². The maximum absolute atomic E-state index is 14.1. The first kappa shape index (κ1) is 29.9. The number of rotatable bonds is 6. The summed E-state index contributed by atoms with van der Waals surface area (Å²) in [6.07, 6.45) is 6.38. The van der Waals surface area contributed by atoms with Crippen molar-refractivity contribution in [1.82, 2.24) is 4.90 Å². The number of anilines is 1. The lowest BCUT2D eigenvalue weighted by Gasteiger charge is -2.49. The third-order valence-electron chi connectivity index (χ3n) is 9.36. The number of phenols is 1. The fourth-order valence-corrected chi connectivity index (χ4v) is 8.52. The summed E-state index contributed by atoms with van der Waals surface area (Å²) < 4.78 is 5.23. The van der Waals surface area contributed by atoms with Gasteiger partial charge >= 0.3 is 0 Å². The summed E-state index contributed by atoms with van der Waals surface area (Å²) in [5.74, 6) is -4.54. The van der Waals surface area contributed by atoms with Crippen LogP contribution in [-0.4, -0.2) is 55.9 Å². The van der Waals surface area contributed by atoms with Gasteiger partial charge < -0.3 is 9.84 Å². The minimum atomic E-state index is -1.87. The van der Waals surface area contributed by atoms with Crippen molar-refractivity contribution in [3.63, 3.8) is 0 Å². The number of ether oxygens (including phenoxy) is 1. The fourth-order valence-electron chi connectivity index (χ4n) is 7.14. The molecule has 6 atom stereocenters. The van der Waals surface area contributed by atoms with Gasteiger partial charge in [0.05, 0.1) is 30.1 Å². The number of aromatic hydroxyl groups is 1. The van der Waals surface area contributed by atoms with Crippen LogP contribution in [0.5, 0.6) is 11.5 Å². The number of benzene rings is 2. The molecule has 2 saturated heterocycles. The highest BCUT2D eigenvalue weighted by molar-refractivity contribution is 9.09. The molecule has 2 aliphatic carbocycles. The van der Waals surface area contributed by atoms with E-state index in [1.54, 1.807) is 36.4 Å². The van der Waals surface area contributed by atoms with Gasteiger partial charge in [0, 0.05) is 5.92 Å². The first-order chi connectivity index (χ1) is 20.5. The second-order valence-electron chi connectivity index (χ2n) is 11.4. The van der Waals surface area contributed by atoms with Crippen LogP contribution in [-0.2, 0) is 25.6 Å². The number of hydrogen-bond acceptors (Lipinski definition) is 6. The first-order valence-corrected chi connectivity index (χ1v) is 15.9. The van der Waals surface area contributed by atoms with Gasteiger partial charge in [-0.15, -0.1) is 23.2 Å². The van der Waals surface area contributed by atoms with Crippen molar-refractivity contribution in [2.45, 2.75) is 35.9 Å². The highest BCUT2D eigenvalue weighted by Gasteiger charge is 2.75. The molecule has 1 N–H and O–H groups in total. The van der Waals surface area contributed by atoms with Crippen molar-refractivity contribution in [3.8, 4) is 11.5 Å². The number of halogens is 3. The number of fused-ring (bicyclic) bond motifs is 4. The minimum Gasteiger partial charge on any atom is -0.504 e. The molecule has 224 valence electrons. The number of likely N-dealkylation sites (tertiary alicyclic amines) is 1. The Morgan fingerprint density at radius 1 is 1.05 bits per heavy atom. The Morgan fingerprint density at radius 3 is 2.42 bits per heavy atom. The fraction of sp³-hybridized carbons (Fsp3) is 0.375. The molecule has 6 rings (SSSR count). The van der Waals surface area contributed by atoms with Crippen LogP contribution in [0.3, 0.4) is 0 Å². The van der Waals surface area contributed by atoms with Crippen molar-refractivity contribution >= 4 is 74.5 Å². The molecule has 0 spiro atoms. The lowest BCUT2D eigenvalue weighted by atomic mass is 9.57. The molecule has 2 aromatic carbocycles. The average molecular weight is 688 g/mol. The predicted octanol–water partition coefficient (Wildman–Crippen LogP) is 5.42. The first-order valence-electron chi connectivity index (χ1n) is 14.0. The number of carbonyl (C=O) groups excluding carboxylic acids is 4. The predicted molar refractivity (Wildman–Crippen MR) is 166 cm³/mol. The van der Waals surface area contributed by atoms with Crippen molar-refractivity contribution in [2.24, 2.45) is 23.7 Å². The normalized spacial score (nSPS) is 31.8. The lowest BCUT2D eigenvalue weighted by molar-refractivity contribution is -0.138. The van der Waals surface area contributed by atoms with Crippen LogP contribution in [0.2, 0.25) is 0 Å². The van der Waals surface area contributed by atoms with E-state index in [4.69, 9.17) is 27.9 Å². The Kier molecular flexibility index (Phi) is 7.50. The van der Waals surface area contributed by atoms with Gasteiger partial charge in [-0.2, -0.15) is 0 Å². The van der Waals surface area contributed by atoms with Crippen LogP contribution >= 0.6 is 39.1 Å². The second kappa shape index (κ2) is 10.8. The Morgan fingerprint density at radius 2 is 1.77 bits per heavy atom. The summed E-state index contributed by atoms with van der Waals surface area (Å²) in [7, 11) is 1.44. The monoisotopic (exact) mass is 686 g/mol. The molecule has 0 unspecified atom stereocenters. The van der Waals surface area contributed by atoms with E-state index in [0.29, 0.717) is 16.8 Å². The highest BCUT2D eigenvalue weighted by atomic mass is 79.9. The van der Waals surface area contributed by atoms with Crippen LogP contribution in [0.4, 0.5) is 5.69 Å². The molecule has 8 nitrogen and oxygen atoms in total. The summed E-state index contributed by atoms with van der Waals surface area (Å²) >= 11 is 17.6. The summed E-state index contributed by atoms with van der Waals surface area (Å²) in [6, 6.07) is 12.1. The van der Waals surface area contributed by atoms with E-state index in [2.05, 4.69) is 15.9 Å². The quantitative estimate of drug-likeness (QED) is 0.188. The van der Waals surface area contributed by atoms with E-state index in [1.165, 1.54) is 18.1 Å². The van der Waals surface area contributed by atoms with Crippen molar-refractivity contribution in [2.75, 3.05) is 17.5 Å². The van der Waals surface area contributed by atoms with Gasteiger partial charge in [0.2, 0.25) is 11.8 Å². The molecule has 3 fully saturated rings. The zero-order valence-electron chi connectivity index (χ0n) is 23.4. The summed E-state index contributed by atoms with van der Waals surface area (Å²) in [5, 5.41) is 10.0. The second-order valence-corrected chi connectivity index (χ2v) is 13.1. The number of hydrogen-bond donors (Lipinski definition) is 1. The minimum absolute atomic E-state index is 0.0326. The van der Waals surface area contributed by atoms with E-state index >= 15 is 0 Å². The Hall–Kier alpha value is -3.14. The summed E-state index contributed by atoms with van der Waals surface area (Å²) in [4.78, 5) is 53.8. The smallest absolute Gasteiger partial charge is 0.254 e. The van der Waals surface area contributed by atoms with Gasteiger partial charge in [0.15, 0.2) is 21.2 Å². The van der Waals surface area contributed by atoms with Gasteiger partial charge in [0.25, 0.3) is 11.8 Å². The zero-order chi connectivity index (χ0) is 30.8. The number of nitrogens with zero attached hydrogens (tertiary/aromatic N) is 2. The molecule has 4 aliphatic rings. The lowest BCUT2D eigenvalue weighted by Crippen LogP contribution is -2.60. The zero-order valence-corrected chi connectivity index (χ0v) is 26.5. The molecule has 0 aromatic heterocycles. The largest absolute Gasteiger partial charge is 0.504 e. The molecule has 4 amide bonds. The molecule has 2 aliphatic heterocycles. The average Bonchev–Trinajstić information content (AvgIpc) is 3.35.